The third kappa shape index (κ3) is 3.29. The molecule has 0 bridgehead atoms. The molecule has 4 rings (SSSR count). The van der Waals surface area contributed by atoms with E-state index >= 15 is 0 Å². The maximum Gasteiger partial charge on any atom is 0.265 e. The van der Waals surface area contributed by atoms with Crippen molar-refractivity contribution in [3.8, 4) is 0 Å². The number of fused-ring (bicyclic) bond motifs is 1. The lowest BCUT2D eigenvalue weighted by molar-refractivity contribution is 0.103. The highest BCUT2D eigenvalue weighted by Gasteiger charge is 2.28. The van der Waals surface area contributed by atoms with E-state index < -0.39 is 10.0 Å². The summed E-state index contributed by atoms with van der Waals surface area (Å²) >= 11 is 7.70. The molecule has 2 aliphatic rings. The number of hydrogen-bond donors (Lipinski definition) is 1. The second-order valence-electron chi connectivity index (χ2n) is 6.62. The molecule has 1 aromatic carbocycles. The van der Waals surface area contributed by atoms with Gasteiger partial charge in [-0.05, 0) is 61.9 Å². The summed E-state index contributed by atoms with van der Waals surface area (Å²) in [6.07, 6.45) is 4.94. The summed E-state index contributed by atoms with van der Waals surface area (Å²) in [6.45, 7) is 1.07. The van der Waals surface area contributed by atoms with Crippen molar-refractivity contribution < 1.29 is 13.2 Å². The molecule has 1 N–H and O–H groups in total. The monoisotopic (exact) mass is 410 g/mol. The average Bonchev–Trinajstić information content (AvgIpc) is 3.33. The molecule has 1 aromatic heterocycles. The Balaban J connectivity index is 1.59. The highest BCUT2D eigenvalue weighted by atomic mass is 35.5. The fourth-order valence-electron chi connectivity index (χ4n) is 3.46. The van der Waals surface area contributed by atoms with Crippen molar-refractivity contribution in [2.24, 2.45) is 0 Å². The van der Waals surface area contributed by atoms with Crippen LogP contribution in [-0.2, 0) is 22.9 Å². The molecule has 0 radical (unpaired) electrons. The van der Waals surface area contributed by atoms with E-state index in [1.807, 2.05) is 6.07 Å². The van der Waals surface area contributed by atoms with Crippen molar-refractivity contribution >= 4 is 44.6 Å². The Labute approximate surface area is 162 Å². The van der Waals surface area contributed by atoms with E-state index in [0.717, 1.165) is 32.1 Å². The number of amides is 1. The van der Waals surface area contributed by atoms with E-state index in [0.29, 0.717) is 28.7 Å². The van der Waals surface area contributed by atoms with Crippen LogP contribution >= 0.6 is 22.9 Å². The maximum absolute atomic E-state index is 12.7. The molecule has 138 valence electrons. The number of nitrogens with zero attached hydrogens (tertiary/aromatic N) is 1. The second kappa shape index (κ2) is 6.96. The van der Waals surface area contributed by atoms with E-state index in [1.165, 1.54) is 44.3 Å². The third-order valence-corrected chi connectivity index (χ3v) is 8.32. The minimum atomic E-state index is -3.55. The summed E-state index contributed by atoms with van der Waals surface area (Å²) in [7, 11) is -3.55. The molecule has 1 aliphatic carbocycles. The van der Waals surface area contributed by atoms with Gasteiger partial charge in [-0.25, -0.2) is 8.42 Å². The van der Waals surface area contributed by atoms with Gasteiger partial charge in [-0.15, -0.1) is 11.3 Å². The number of thiophene rings is 1. The van der Waals surface area contributed by atoms with E-state index in [-0.39, 0.29) is 10.8 Å². The largest absolute Gasteiger partial charge is 0.320 e. The van der Waals surface area contributed by atoms with E-state index in [4.69, 9.17) is 11.6 Å². The van der Waals surface area contributed by atoms with Gasteiger partial charge in [0.2, 0.25) is 10.0 Å². The van der Waals surface area contributed by atoms with Crippen LogP contribution < -0.4 is 5.32 Å². The van der Waals surface area contributed by atoms with Crippen molar-refractivity contribution in [1.29, 1.82) is 0 Å². The van der Waals surface area contributed by atoms with Gasteiger partial charge < -0.3 is 5.32 Å². The van der Waals surface area contributed by atoms with E-state index in [9.17, 15) is 13.2 Å². The molecule has 1 saturated heterocycles. The molecular formula is C18H19ClN2O3S2. The molecular weight excluding hydrogens is 392 g/mol. The molecule has 0 atom stereocenters. The first-order valence-corrected chi connectivity index (χ1v) is 11.3. The zero-order valence-corrected chi connectivity index (χ0v) is 16.5. The minimum absolute atomic E-state index is 0.160. The summed E-state index contributed by atoms with van der Waals surface area (Å²) in [6, 6.07) is 6.40. The standard InChI is InChI=1S/C18H19ClN2O3S2/c19-14-7-6-13(26(23,24)21-8-1-2-9-21)11-15(14)20-18(22)17-10-12-4-3-5-16(12)25-17/h6-7,10-11H,1-5,8-9H2,(H,20,22). The molecule has 2 heterocycles. The van der Waals surface area contributed by atoms with E-state index in [2.05, 4.69) is 5.32 Å². The molecule has 26 heavy (non-hydrogen) atoms. The maximum atomic E-state index is 12.7. The number of benzene rings is 1. The molecule has 8 heteroatoms. The highest BCUT2D eigenvalue weighted by Crippen LogP contribution is 2.32. The summed E-state index contributed by atoms with van der Waals surface area (Å²) in [5.74, 6) is -0.248. The predicted octanol–water partition coefficient (Wildman–Crippen LogP) is 3.93. The predicted molar refractivity (Wildman–Crippen MR) is 104 cm³/mol. The van der Waals surface area contributed by atoms with Gasteiger partial charge >= 0.3 is 0 Å². The molecule has 0 unspecified atom stereocenters. The van der Waals surface area contributed by atoms with Crippen LogP contribution in [0.25, 0.3) is 0 Å². The van der Waals surface area contributed by atoms with Crippen LogP contribution in [0.1, 0.15) is 39.4 Å². The zero-order valence-electron chi connectivity index (χ0n) is 14.1. The number of carbonyl (C=O) groups excluding carboxylic acids is 1. The normalized spacial score (nSPS) is 17.4. The second-order valence-corrected chi connectivity index (χ2v) is 10.1. The van der Waals surface area contributed by atoms with Gasteiger partial charge in [0.05, 0.1) is 20.5 Å². The number of nitrogens with one attached hydrogen (secondary N) is 1. The Morgan fingerprint density at radius 1 is 1.12 bits per heavy atom. The molecule has 1 fully saturated rings. The van der Waals surface area contributed by atoms with Crippen molar-refractivity contribution in [3.05, 3.63) is 44.6 Å². The van der Waals surface area contributed by atoms with Crippen molar-refractivity contribution in [3.63, 3.8) is 0 Å². The first-order chi connectivity index (χ1) is 12.4. The summed E-state index contributed by atoms with van der Waals surface area (Å²) < 4.78 is 26.9. The van der Waals surface area contributed by atoms with Gasteiger partial charge in [0.25, 0.3) is 5.91 Å². The minimum Gasteiger partial charge on any atom is -0.320 e. The lowest BCUT2D eigenvalue weighted by atomic mass is 10.2. The van der Waals surface area contributed by atoms with Crippen LogP contribution in [0, 0.1) is 0 Å². The van der Waals surface area contributed by atoms with E-state index in [1.54, 1.807) is 0 Å². The van der Waals surface area contributed by atoms with Gasteiger partial charge in [0.1, 0.15) is 0 Å². The number of anilines is 1. The Morgan fingerprint density at radius 2 is 1.88 bits per heavy atom. The topological polar surface area (TPSA) is 66.5 Å². The van der Waals surface area contributed by atoms with Gasteiger partial charge in [-0.1, -0.05) is 11.6 Å². The lowest BCUT2D eigenvalue weighted by Gasteiger charge is -2.16. The number of carbonyl (C=O) groups is 1. The van der Waals surface area contributed by atoms with Crippen LogP contribution in [0.15, 0.2) is 29.2 Å². The first-order valence-electron chi connectivity index (χ1n) is 8.68. The summed E-state index contributed by atoms with van der Waals surface area (Å²) in [5, 5.41) is 3.10. The Bertz CT molecular complexity index is 941. The van der Waals surface area contributed by atoms with Crippen LogP contribution in [0.3, 0.4) is 0 Å². The van der Waals surface area contributed by atoms with Crippen molar-refractivity contribution in [2.75, 3.05) is 18.4 Å². The number of hydrogen-bond acceptors (Lipinski definition) is 4. The smallest absolute Gasteiger partial charge is 0.265 e. The van der Waals surface area contributed by atoms with Gasteiger partial charge in [0, 0.05) is 18.0 Å². The van der Waals surface area contributed by atoms with Gasteiger partial charge in [0.15, 0.2) is 0 Å². The molecule has 1 aliphatic heterocycles. The van der Waals surface area contributed by atoms with Crippen LogP contribution in [0.4, 0.5) is 5.69 Å². The molecule has 0 spiro atoms. The highest BCUT2D eigenvalue weighted by molar-refractivity contribution is 7.89. The SMILES string of the molecule is O=C(Nc1cc(S(=O)(=O)N2CCCC2)ccc1Cl)c1cc2c(s1)CCC2. The van der Waals surface area contributed by atoms with Crippen LogP contribution in [0.2, 0.25) is 5.02 Å². The van der Waals surface area contributed by atoms with Crippen LogP contribution in [-0.4, -0.2) is 31.7 Å². The van der Waals surface area contributed by atoms with Gasteiger partial charge in [-0.3, -0.25) is 4.79 Å². The fraction of sp³-hybridized carbons (Fsp3) is 0.389. The number of halogens is 1. The van der Waals surface area contributed by atoms with Gasteiger partial charge in [-0.2, -0.15) is 4.31 Å². The van der Waals surface area contributed by atoms with Crippen LogP contribution in [0.5, 0.6) is 0 Å². The number of aryl methyl sites for hydroxylation is 2. The Morgan fingerprint density at radius 3 is 2.62 bits per heavy atom. The molecule has 2 aromatic rings. The quantitative estimate of drug-likeness (QED) is 0.830. The first kappa shape index (κ1) is 18.0. The summed E-state index contributed by atoms with van der Waals surface area (Å²) in [4.78, 5) is 14.6. The lowest BCUT2D eigenvalue weighted by Crippen LogP contribution is -2.28. The third-order valence-electron chi connectivity index (χ3n) is 4.86. The van der Waals surface area contributed by atoms with Crippen molar-refractivity contribution in [1.82, 2.24) is 4.31 Å². The van der Waals surface area contributed by atoms with Crippen molar-refractivity contribution in [2.45, 2.75) is 37.0 Å². The Hall–Kier alpha value is -1.41. The zero-order chi connectivity index (χ0) is 18.3. The average molecular weight is 411 g/mol. The molecule has 1 amide bonds. The number of sulfonamides is 1. The number of rotatable bonds is 4. The molecule has 0 saturated carbocycles. The molecule has 5 nitrogen and oxygen atoms in total. The fourth-order valence-corrected chi connectivity index (χ4v) is 6.32. The Kier molecular flexibility index (Phi) is 4.81. The summed E-state index contributed by atoms with van der Waals surface area (Å²) in [5.41, 5.74) is 1.57.